The highest BCUT2D eigenvalue weighted by Crippen LogP contribution is 2.48. The monoisotopic (exact) mass is 865 g/mol. The Morgan fingerprint density at radius 1 is 0.860 bits per heavy atom. The van der Waals surface area contributed by atoms with Gasteiger partial charge in [0.15, 0.2) is 23.6 Å². The molecule has 22 heteroatoms. The molecule has 2 unspecified atom stereocenters. The van der Waals surface area contributed by atoms with E-state index in [9.17, 15) is 28.9 Å². The lowest BCUT2D eigenvalue weighted by atomic mass is 9.96. The minimum absolute atomic E-state index is 0.0288. The van der Waals surface area contributed by atoms with Gasteiger partial charge in [-0.2, -0.15) is 0 Å². The number of amides is 1. The molecular formula is C35H52N3O16PS2. The molecule has 1 aromatic carbocycles. The molecule has 57 heavy (non-hydrogen) atoms. The quantitative estimate of drug-likeness (QED) is 0.0482. The van der Waals surface area contributed by atoms with E-state index < -0.39 is 91.5 Å². The summed E-state index contributed by atoms with van der Waals surface area (Å²) in [7, 11) is 2.70. The van der Waals surface area contributed by atoms with Crippen LogP contribution >= 0.6 is 18.9 Å². The average molecular weight is 866 g/mol. The summed E-state index contributed by atoms with van der Waals surface area (Å²) in [6.07, 6.45) is -5.73. The van der Waals surface area contributed by atoms with E-state index >= 15 is 0 Å². The van der Waals surface area contributed by atoms with E-state index in [-0.39, 0.29) is 31.5 Å². The molecule has 320 valence electrons. The Balaban J connectivity index is 1.56. The largest absolute Gasteiger partial charge is 0.508 e. The van der Waals surface area contributed by atoms with Crippen molar-refractivity contribution in [2.75, 3.05) is 40.6 Å². The molecule has 1 saturated heterocycles. The Morgan fingerprint density at radius 2 is 1.54 bits per heavy atom. The van der Waals surface area contributed by atoms with Crippen molar-refractivity contribution < 1.29 is 75.8 Å². The maximum absolute atomic E-state index is 12.4. The molecule has 2 fully saturated rings. The van der Waals surface area contributed by atoms with Crippen molar-refractivity contribution in [1.29, 1.82) is 0 Å². The molecule has 10 atom stereocenters. The lowest BCUT2D eigenvalue weighted by Gasteiger charge is -2.44. The second kappa shape index (κ2) is 23.8. The van der Waals surface area contributed by atoms with Gasteiger partial charge in [-0.05, 0) is 48.9 Å². The minimum Gasteiger partial charge on any atom is -0.463 e. The summed E-state index contributed by atoms with van der Waals surface area (Å²) in [5, 5.41) is 9.26. The van der Waals surface area contributed by atoms with Crippen molar-refractivity contribution in [2.24, 2.45) is 5.92 Å². The fraction of sp³-hybridized carbons (Fsp3) is 0.657. The van der Waals surface area contributed by atoms with Crippen molar-refractivity contribution in [3.05, 3.63) is 35.9 Å². The zero-order valence-electron chi connectivity index (χ0n) is 32.6. The summed E-state index contributed by atoms with van der Waals surface area (Å²) in [6.45, 7) is 1.18. The maximum atomic E-state index is 12.4. The molecule has 4 N–H and O–H groups in total. The van der Waals surface area contributed by atoms with Crippen LogP contribution in [0.15, 0.2) is 30.3 Å². The summed E-state index contributed by atoms with van der Waals surface area (Å²) in [5.74, 6) is -3.02. The first-order valence-corrected chi connectivity index (χ1v) is 21.0. The summed E-state index contributed by atoms with van der Waals surface area (Å²) >= 11 is 10.7. The summed E-state index contributed by atoms with van der Waals surface area (Å²) in [5.41, 5.74) is 0.792. The minimum atomic E-state index is -3.65. The van der Waals surface area contributed by atoms with Crippen LogP contribution in [0.2, 0.25) is 0 Å². The molecule has 1 aromatic rings. The van der Waals surface area contributed by atoms with Crippen LogP contribution in [-0.4, -0.2) is 129 Å². The van der Waals surface area contributed by atoms with Crippen LogP contribution in [0, 0.1) is 5.92 Å². The van der Waals surface area contributed by atoms with Crippen molar-refractivity contribution in [2.45, 2.75) is 102 Å². The molecule has 1 saturated carbocycles. The van der Waals surface area contributed by atoms with Gasteiger partial charge in [0, 0.05) is 61.0 Å². The van der Waals surface area contributed by atoms with E-state index in [2.05, 4.69) is 16.0 Å². The number of carbonyl (C=O) groups excluding carboxylic acids is 5. The van der Waals surface area contributed by atoms with Gasteiger partial charge in [0.05, 0.1) is 6.04 Å². The molecule has 1 heterocycles. The highest BCUT2D eigenvalue weighted by molar-refractivity contribution is 8.07. The molecular weight excluding hydrogens is 813 g/mol. The van der Waals surface area contributed by atoms with Gasteiger partial charge in [-0.15, -0.1) is 0 Å². The fourth-order valence-electron chi connectivity index (χ4n) is 6.25. The molecule has 0 spiro atoms. The van der Waals surface area contributed by atoms with Gasteiger partial charge in [-0.3, -0.25) is 19.2 Å². The lowest BCUT2D eigenvalue weighted by molar-refractivity contribution is -0.277. The Hall–Kier alpha value is -3.53. The average Bonchev–Trinajstić information content (AvgIpc) is 3.46. The number of carbonyl (C=O) groups is 5. The van der Waals surface area contributed by atoms with Crippen molar-refractivity contribution >= 4 is 65.8 Å². The number of esters is 3. The van der Waals surface area contributed by atoms with Crippen LogP contribution in [0.5, 0.6) is 0 Å². The third-order valence-electron chi connectivity index (χ3n) is 8.64. The number of ether oxygens (including phenoxy) is 8. The zero-order chi connectivity index (χ0) is 42.1. The molecule has 0 aromatic heterocycles. The first-order valence-electron chi connectivity index (χ1n) is 18.0. The summed E-state index contributed by atoms with van der Waals surface area (Å²) < 4.78 is 55.2. The lowest BCUT2D eigenvalue weighted by Crippen LogP contribution is -2.66. The number of unbranched alkanes of at least 4 members (excludes halogenated alkanes) is 1. The van der Waals surface area contributed by atoms with E-state index in [1.807, 2.05) is 30.3 Å². The van der Waals surface area contributed by atoms with Gasteiger partial charge in [-0.1, -0.05) is 30.3 Å². The van der Waals surface area contributed by atoms with Crippen LogP contribution in [0.25, 0.3) is 0 Å². The van der Waals surface area contributed by atoms with Crippen molar-refractivity contribution in [3.8, 4) is 0 Å². The molecule has 0 bridgehead atoms. The second-order valence-corrected chi connectivity index (χ2v) is 16.4. The van der Waals surface area contributed by atoms with Gasteiger partial charge in [0.25, 0.3) is 0 Å². The number of hydrogen-bond acceptors (Lipinski definition) is 17. The number of benzene rings is 1. The van der Waals surface area contributed by atoms with Gasteiger partial charge in [0.1, 0.15) is 44.2 Å². The highest BCUT2D eigenvalue weighted by atomic mass is 32.5. The number of methoxy groups -OCH3 is 1. The van der Waals surface area contributed by atoms with Crippen molar-refractivity contribution in [3.63, 3.8) is 0 Å². The first-order chi connectivity index (χ1) is 27.0. The Labute approximate surface area is 341 Å². The molecule has 1 aliphatic heterocycles. The van der Waals surface area contributed by atoms with Crippen molar-refractivity contribution in [1.82, 2.24) is 16.0 Å². The zero-order valence-corrected chi connectivity index (χ0v) is 35.1. The van der Waals surface area contributed by atoms with E-state index in [0.29, 0.717) is 25.8 Å². The van der Waals surface area contributed by atoms with E-state index in [0.717, 1.165) is 19.4 Å². The molecule has 1 amide bonds. The van der Waals surface area contributed by atoms with Gasteiger partial charge in [0.2, 0.25) is 5.91 Å². The molecule has 0 radical (unpaired) electrons. The summed E-state index contributed by atoms with van der Waals surface area (Å²) in [4.78, 5) is 70.7. The maximum Gasteiger partial charge on any atom is 0.508 e. The number of rotatable bonds is 20. The van der Waals surface area contributed by atoms with E-state index in [4.69, 9.17) is 71.0 Å². The predicted molar refractivity (Wildman–Crippen MR) is 207 cm³/mol. The predicted octanol–water partition coefficient (Wildman–Crippen LogP) is 1.91. The second-order valence-electron chi connectivity index (χ2n) is 13.1. The van der Waals surface area contributed by atoms with Gasteiger partial charge in [-0.25, -0.2) is 4.79 Å². The normalized spacial score (nSPS) is 26.5. The SMILES string of the molecule is CO[C@H]1C(OP(O)(=S)OC)[C@@H](COC(=O)OCc2ccccc2)C[C@@H]1NC(=S)NCCCCO[C@@H]1O[C@H](COC(C)=O)[C@H](OC(C)=O)[C@H](OC(C)=O)[C@H]1NC(C)=O. The Morgan fingerprint density at radius 3 is 2.16 bits per heavy atom. The van der Waals surface area contributed by atoms with Crippen LogP contribution in [0.3, 0.4) is 0 Å². The number of thiocarbonyl (C=S) groups is 1. The third kappa shape index (κ3) is 16.3. The highest BCUT2D eigenvalue weighted by Gasteiger charge is 2.51. The summed E-state index contributed by atoms with van der Waals surface area (Å²) in [6, 6.07) is 7.59. The molecule has 2 aliphatic rings. The van der Waals surface area contributed by atoms with Gasteiger partial charge < -0.3 is 67.8 Å². The smallest absolute Gasteiger partial charge is 0.463 e. The van der Waals surface area contributed by atoms with Crippen LogP contribution < -0.4 is 16.0 Å². The van der Waals surface area contributed by atoms with Crippen LogP contribution in [0.4, 0.5) is 4.79 Å². The first kappa shape index (κ1) is 47.8. The topological polar surface area (TPSA) is 234 Å². The fourth-order valence-corrected chi connectivity index (χ4v) is 7.49. The van der Waals surface area contributed by atoms with Gasteiger partial charge >= 0.3 is 30.8 Å². The Bertz CT molecular complexity index is 1560. The molecule has 1 aliphatic carbocycles. The molecule has 19 nitrogen and oxygen atoms in total. The third-order valence-corrected chi connectivity index (χ3v) is 10.6. The molecule has 3 rings (SSSR count). The Kier molecular flexibility index (Phi) is 20.0. The van der Waals surface area contributed by atoms with E-state index in [1.54, 1.807) is 0 Å². The van der Waals surface area contributed by atoms with Crippen LogP contribution in [0.1, 0.15) is 52.5 Å². The van der Waals surface area contributed by atoms with Crippen LogP contribution in [-0.2, 0) is 84.5 Å². The standard InChI is InChI=1S/C35H52N3O16PS2/c1-20(39)37-28-32(52-23(4)42)31(51-22(3)41)27(19-48-21(2)40)53-33(28)47-15-11-10-14-36-34(56)38-26-16-25(29(30(26)45-5)54-55(44,57)46-6)18-50-35(43)49-17-24-12-8-7-9-13-24/h7-9,12-13,25-33H,10-11,14-19H2,1-6H3,(H,37,39)(H,44,57)(H2,36,38,56)/t25-,26+,27-,28-,29?,30-,31+,32-,33-,55?/m1/s1. The number of nitrogens with one attached hydrogen (secondary N) is 3. The number of hydrogen-bond donors (Lipinski definition) is 4. The van der Waals surface area contributed by atoms with E-state index in [1.165, 1.54) is 28.1 Å².